The molecular formula is C22H38IN5O2. The van der Waals surface area contributed by atoms with Gasteiger partial charge in [0.1, 0.15) is 12.3 Å². The van der Waals surface area contributed by atoms with Crippen LogP contribution in [0.15, 0.2) is 29.3 Å². The molecule has 0 aromatic heterocycles. The average Bonchev–Trinajstić information content (AvgIpc) is 3.24. The highest BCUT2D eigenvalue weighted by molar-refractivity contribution is 14.0. The Morgan fingerprint density at radius 2 is 1.73 bits per heavy atom. The fraction of sp³-hybridized carbons (Fsp3) is 0.636. The predicted octanol–water partition coefficient (Wildman–Crippen LogP) is 2.73. The largest absolute Gasteiger partial charge is 0.497 e. The van der Waals surface area contributed by atoms with Crippen molar-refractivity contribution in [1.82, 2.24) is 20.4 Å². The van der Waals surface area contributed by atoms with Gasteiger partial charge in [-0.1, -0.05) is 26.0 Å². The molecule has 0 radical (unpaired) electrons. The molecule has 1 aromatic rings. The first-order valence-electron chi connectivity index (χ1n) is 10.5. The van der Waals surface area contributed by atoms with E-state index in [0.29, 0.717) is 11.9 Å². The van der Waals surface area contributed by atoms with E-state index in [2.05, 4.69) is 46.5 Å². The molecule has 1 unspecified atom stereocenters. The zero-order valence-corrected chi connectivity index (χ0v) is 21.3. The molecule has 0 bridgehead atoms. The number of likely N-dealkylation sites (N-methyl/N-ethyl adjacent to an activating group) is 1. The summed E-state index contributed by atoms with van der Waals surface area (Å²) in [5.41, 5.74) is 1.26. The van der Waals surface area contributed by atoms with E-state index in [-0.39, 0.29) is 42.5 Å². The zero-order valence-electron chi connectivity index (χ0n) is 19.0. The van der Waals surface area contributed by atoms with Crippen molar-refractivity contribution >= 4 is 35.8 Å². The van der Waals surface area contributed by atoms with Crippen LogP contribution < -0.4 is 15.4 Å². The second kappa shape index (κ2) is 13.7. The molecule has 170 valence electrons. The Labute approximate surface area is 198 Å². The minimum Gasteiger partial charge on any atom is -0.497 e. The van der Waals surface area contributed by atoms with Crippen LogP contribution in [0.2, 0.25) is 0 Å². The maximum Gasteiger partial charge on any atom is 0.243 e. The van der Waals surface area contributed by atoms with E-state index in [1.54, 1.807) is 26.1 Å². The third-order valence-corrected chi connectivity index (χ3v) is 5.09. The molecule has 0 aliphatic carbocycles. The van der Waals surface area contributed by atoms with Crippen molar-refractivity contribution in [2.45, 2.75) is 32.7 Å². The van der Waals surface area contributed by atoms with Crippen LogP contribution in [0.5, 0.6) is 5.75 Å². The minimum absolute atomic E-state index is 0. The number of ether oxygens (including phenoxy) is 1. The Kier molecular flexibility index (Phi) is 12.1. The van der Waals surface area contributed by atoms with Crippen LogP contribution in [0.3, 0.4) is 0 Å². The molecule has 1 aliphatic rings. The van der Waals surface area contributed by atoms with Gasteiger partial charge in [0.15, 0.2) is 5.96 Å². The number of carbonyl (C=O) groups excluding carboxylic acids is 1. The van der Waals surface area contributed by atoms with E-state index in [9.17, 15) is 4.79 Å². The third-order valence-electron chi connectivity index (χ3n) is 5.09. The van der Waals surface area contributed by atoms with Crippen molar-refractivity contribution in [2.24, 2.45) is 10.9 Å². The van der Waals surface area contributed by atoms with E-state index in [0.717, 1.165) is 31.9 Å². The van der Waals surface area contributed by atoms with Gasteiger partial charge in [-0.3, -0.25) is 9.69 Å². The van der Waals surface area contributed by atoms with Crippen LogP contribution in [-0.4, -0.2) is 75.6 Å². The van der Waals surface area contributed by atoms with Gasteiger partial charge < -0.3 is 20.3 Å². The fourth-order valence-electron chi connectivity index (χ4n) is 3.29. The topological polar surface area (TPSA) is 69.2 Å². The molecule has 0 spiro atoms. The number of halogens is 1. The quantitative estimate of drug-likeness (QED) is 0.292. The molecule has 1 heterocycles. The van der Waals surface area contributed by atoms with E-state index >= 15 is 0 Å². The number of hydrogen-bond acceptors (Lipinski definition) is 4. The van der Waals surface area contributed by atoms with Gasteiger partial charge in [-0.05, 0) is 49.5 Å². The summed E-state index contributed by atoms with van der Waals surface area (Å²) in [6, 6.07) is 8.55. The number of carbonyl (C=O) groups is 1. The van der Waals surface area contributed by atoms with Crippen LogP contribution in [-0.2, 0) is 4.79 Å². The first-order valence-corrected chi connectivity index (χ1v) is 10.5. The predicted molar refractivity (Wildman–Crippen MR) is 134 cm³/mol. The van der Waals surface area contributed by atoms with Crippen molar-refractivity contribution < 1.29 is 9.53 Å². The molecular weight excluding hydrogens is 493 g/mol. The highest BCUT2D eigenvalue weighted by Gasteiger charge is 2.24. The Hall–Kier alpha value is -1.55. The van der Waals surface area contributed by atoms with E-state index in [4.69, 9.17) is 4.74 Å². The van der Waals surface area contributed by atoms with Gasteiger partial charge in [-0.25, -0.2) is 4.99 Å². The van der Waals surface area contributed by atoms with Crippen LogP contribution in [0.4, 0.5) is 0 Å². The Morgan fingerprint density at radius 1 is 1.13 bits per heavy atom. The lowest BCUT2D eigenvalue weighted by Crippen LogP contribution is -2.44. The number of methoxy groups -OCH3 is 1. The third kappa shape index (κ3) is 8.67. The van der Waals surface area contributed by atoms with Gasteiger partial charge in [0, 0.05) is 27.2 Å². The molecule has 2 N–H and O–H groups in total. The Bertz CT molecular complexity index is 658. The van der Waals surface area contributed by atoms with Crippen molar-refractivity contribution in [3.63, 3.8) is 0 Å². The maximum atomic E-state index is 12.0. The number of amides is 1. The number of aliphatic imine (C=N–C) groups is 1. The van der Waals surface area contributed by atoms with Gasteiger partial charge in [-0.15, -0.1) is 24.0 Å². The van der Waals surface area contributed by atoms with Gasteiger partial charge in [0.2, 0.25) is 5.91 Å². The molecule has 0 saturated carbocycles. The highest BCUT2D eigenvalue weighted by Crippen LogP contribution is 2.26. The molecule has 1 fully saturated rings. The van der Waals surface area contributed by atoms with Crippen molar-refractivity contribution in [2.75, 3.05) is 53.9 Å². The molecule has 1 aliphatic heterocycles. The fourth-order valence-corrected chi connectivity index (χ4v) is 3.29. The van der Waals surface area contributed by atoms with E-state index < -0.39 is 0 Å². The Balaban J connectivity index is 0.00000450. The first-order chi connectivity index (χ1) is 13.9. The lowest BCUT2D eigenvalue weighted by Gasteiger charge is -2.29. The van der Waals surface area contributed by atoms with Gasteiger partial charge in [0.25, 0.3) is 0 Å². The summed E-state index contributed by atoms with van der Waals surface area (Å²) in [4.78, 5) is 20.5. The summed E-state index contributed by atoms with van der Waals surface area (Å²) in [6.07, 6.45) is 2.47. The van der Waals surface area contributed by atoms with Crippen molar-refractivity contribution in [3.8, 4) is 5.75 Å². The minimum atomic E-state index is -0.0121. The van der Waals surface area contributed by atoms with Crippen molar-refractivity contribution in [1.29, 1.82) is 0 Å². The maximum absolute atomic E-state index is 12.0. The monoisotopic (exact) mass is 531 g/mol. The number of nitrogens with one attached hydrogen (secondary N) is 2. The van der Waals surface area contributed by atoms with Crippen LogP contribution in [0.25, 0.3) is 0 Å². The molecule has 2 rings (SSSR count). The smallest absolute Gasteiger partial charge is 0.243 e. The lowest BCUT2D eigenvalue weighted by atomic mass is 10.1. The summed E-state index contributed by atoms with van der Waals surface area (Å²) < 4.78 is 5.31. The number of benzene rings is 1. The summed E-state index contributed by atoms with van der Waals surface area (Å²) in [7, 11) is 5.19. The molecule has 7 nitrogen and oxygen atoms in total. The molecule has 1 atom stereocenters. The number of rotatable bonds is 9. The van der Waals surface area contributed by atoms with Gasteiger partial charge >= 0.3 is 0 Å². The molecule has 30 heavy (non-hydrogen) atoms. The van der Waals surface area contributed by atoms with Gasteiger partial charge in [0.05, 0.1) is 13.2 Å². The average molecular weight is 531 g/mol. The number of guanidine groups is 1. The molecule has 1 aromatic carbocycles. The van der Waals surface area contributed by atoms with Gasteiger partial charge in [-0.2, -0.15) is 0 Å². The van der Waals surface area contributed by atoms with E-state index in [1.165, 1.54) is 18.4 Å². The number of hydrogen-bond donors (Lipinski definition) is 2. The summed E-state index contributed by atoms with van der Waals surface area (Å²) in [5, 5.41) is 6.83. The second-order valence-electron chi connectivity index (χ2n) is 8.14. The summed E-state index contributed by atoms with van der Waals surface area (Å²) in [6.45, 7) is 8.18. The zero-order chi connectivity index (χ0) is 21.2. The number of nitrogens with zero attached hydrogens (tertiary/aromatic N) is 3. The number of likely N-dealkylation sites (tertiary alicyclic amines) is 1. The van der Waals surface area contributed by atoms with Crippen molar-refractivity contribution in [3.05, 3.63) is 29.8 Å². The summed E-state index contributed by atoms with van der Waals surface area (Å²) >= 11 is 0. The Morgan fingerprint density at radius 3 is 2.27 bits per heavy atom. The molecule has 1 amide bonds. The lowest BCUT2D eigenvalue weighted by molar-refractivity contribution is -0.127. The van der Waals surface area contributed by atoms with E-state index in [1.807, 2.05) is 12.1 Å². The highest BCUT2D eigenvalue weighted by atomic mass is 127. The SMILES string of the molecule is COc1ccc(C(CNC(=NCC(=O)N(C)C)NCC(C)C)N2CCCC2)cc1.I. The summed E-state index contributed by atoms with van der Waals surface area (Å²) in [5.74, 6) is 2.03. The second-order valence-corrected chi connectivity index (χ2v) is 8.14. The van der Waals surface area contributed by atoms with Crippen LogP contribution in [0, 0.1) is 5.92 Å². The van der Waals surface area contributed by atoms with Crippen LogP contribution >= 0.6 is 24.0 Å². The molecule has 1 saturated heterocycles. The molecule has 8 heteroatoms. The van der Waals surface area contributed by atoms with Crippen LogP contribution in [0.1, 0.15) is 38.3 Å². The first kappa shape index (κ1) is 26.5. The standard InChI is InChI=1S/C22H37N5O2.HI/c1-17(2)14-23-22(25-16-21(28)26(3)4)24-15-20(27-12-6-7-13-27)18-8-10-19(29-5)11-9-18;/h8-11,17,20H,6-7,12-16H2,1-5H3,(H2,23,24,25);1H. The normalized spacial score (nSPS) is 15.5.